The molecule has 0 nitrogen and oxygen atoms in total. The molecule has 2 aromatic carbocycles. The molecule has 88 valence electrons. The van der Waals surface area contributed by atoms with Gasteiger partial charge in [-0.15, -0.1) is 0 Å². The summed E-state index contributed by atoms with van der Waals surface area (Å²) in [5.74, 6) is 0.834. The molecule has 1 saturated carbocycles. The van der Waals surface area contributed by atoms with Crippen molar-refractivity contribution in [2.75, 3.05) is 0 Å². The Kier molecular flexibility index (Phi) is 2.96. The average molecular weight is 289 g/mol. The first-order valence-electron chi connectivity index (χ1n) is 6.39. The van der Waals surface area contributed by atoms with Gasteiger partial charge in [-0.2, -0.15) is 0 Å². The second kappa shape index (κ2) is 4.45. The van der Waals surface area contributed by atoms with Gasteiger partial charge in [-0.05, 0) is 47.6 Å². The third-order valence-electron chi connectivity index (χ3n) is 4.04. The zero-order valence-electron chi connectivity index (χ0n) is 10.1. The summed E-state index contributed by atoms with van der Waals surface area (Å²) in [5, 5.41) is 2.81. The molecule has 0 spiro atoms. The summed E-state index contributed by atoms with van der Waals surface area (Å²) in [6, 6.07) is 13.3. The van der Waals surface area contributed by atoms with E-state index in [1.807, 2.05) is 0 Å². The molecule has 1 aliphatic carbocycles. The number of aryl methyl sites for hydroxylation is 1. The lowest BCUT2D eigenvalue weighted by atomic mass is 9.80. The summed E-state index contributed by atoms with van der Waals surface area (Å²) >= 11 is 3.91. The van der Waals surface area contributed by atoms with Crippen molar-refractivity contribution in [2.24, 2.45) is 5.92 Å². The van der Waals surface area contributed by atoms with Gasteiger partial charge in [0.2, 0.25) is 0 Å². The van der Waals surface area contributed by atoms with E-state index in [9.17, 15) is 0 Å². The fourth-order valence-corrected chi connectivity index (χ4v) is 3.63. The van der Waals surface area contributed by atoms with Crippen LogP contribution in [0.1, 0.15) is 35.2 Å². The Labute approximate surface area is 111 Å². The van der Waals surface area contributed by atoms with Gasteiger partial charge in [0.15, 0.2) is 0 Å². The van der Waals surface area contributed by atoms with Crippen molar-refractivity contribution >= 4 is 26.7 Å². The van der Waals surface area contributed by atoms with E-state index in [4.69, 9.17) is 0 Å². The molecule has 0 aliphatic heterocycles. The molecule has 0 aromatic heterocycles. The molecular weight excluding hydrogens is 272 g/mol. The number of hydrogen-bond donors (Lipinski definition) is 0. The molecule has 1 heteroatoms. The van der Waals surface area contributed by atoms with Crippen molar-refractivity contribution in [1.82, 2.24) is 0 Å². The molecule has 1 unspecified atom stereocenters. The van der Waals surface area contributed by atoms with Crippen molar-refractivity contribution in [3.63, 3.8) is 0 Å². The standard InChI is InChI=1S/C16H17Br/c1-11-9-10-15(16(17)12-5-4-6-12)14-8-3-2-7-13(11)14/h2-3,7-10,12,16H,4-6H2,1H3. The van der Waals surface area contributed by atoms with Crippen LogP contribution in [0.25, 0.3) is 10.8 Å². The minimum Gasteiger partial charge on any atom is -0.0836 e. The quantitative estimate of drug-likeness (QED) is 0.651. The fourth-order valence-electron chi connectivity index (χ4n) is 2.70. The highest BCUT2D eigenvalue weighted by molar-refractivity contribution is 9.09. The minimum atomic E-state index is 0.529. The monoisotopic (exact) mass is 288 g/mol. The fraction of sp³-hybridized carbons (Fsp3) is 0.375. The van der Waals surface area contributed by atoms with Crippen molar-refractivity contribution in [1.29, 1.82) is 0 Å². The van der Waals surface area contributed by atoms with Crippen LogP contribution in [0.5, 0.6) is 0 Å². The molecule has 0 N–H and O–H groups in total. The topological polar surface area (TPSA) is 0 Å². The first-order chi connectivity index (χ1) is 8.27. The lowest BCUT2D eigenvalue weighted by Gasteiger charge is -2.31. The van der Waals surface area contributed by atoms with Crippen molar-refractivity contribution in [3.05, 3.63) is 47.5 Å². The molecule has 0 bridgehead atoms. The predicted octanol–water partition coefficient (Wildman–Crippen LogP) is 5.38. The number of hydrogen-bond acceptors (Lipinski definition) is 0. The van der Waals surface area contributed by atoms with Gasteiger partial charge in [0.1, 0.15) is 0 Å². The minimum absolute atomic E-state index is 0.529. The molecule has 3 rings (SSSR count). The summed E-state index contributed by atoms with van der Waals surface area (Å²) in [6.07, 6.45) is 4.15. The van der Waals surface area contributed by atoms with Crippen LogP contribution in [-0.4, -0.2) is 0 Å². The maximum atomic E-state index is 3.91. The van der Waals surface area contributed by atoms with Gasteiger partial charge in [-0.25, -0.2) is 0 Å². The molecule has 0 saturated heterocycles. The zero-order chi connectivity index (χ0) is 11.8. The maximum Gasteiger partial charge on any atom is 0.0429 e. The van der Waals surface area contributed by atoms with Crippen LogP contribution in [-0.2, 0) is 0 Å². The average Bonchev–Trinajstić information content (AvgIpc) is 2.27. The third-order valence-corrected chi connectivity index (χ3v) is 5.28. The van der Waals surface area contributed by atoms with Crippen molar-refractivity contribution in [2.45, 2.75) is 31.0 Å². The molecule has 0 amide bonds. The largest absolute Gasteiger partial charge is 0.0836 e. The Morgan fingerprint density at radius 3 is 2.41 bits per heavy atom. The lowest BCUT2D eigenvalue weighted by molar-refractivity contribution is 0.313. The van der Waals surface area contributed by atoms with Crippen LogP contribution in [0, 0.1) is 12.8 Å². The van der Waals surface area contributed by atoms with E-state index in [1.165, 1.54) is 41.2 Å². The number of halogens is 1. The van der Waals surface area contributed by atoms with Crippen LogP contribution in [0.2, 0.25) is 0 Å². The number of benzene rings is 2. The highest BCUT2D eigenvalue weighted by Crippen LogP contribution is 2.45. The Morgan fingerprint density at radius 1 is 1.06 bits per heavy atom. The van der Waals surface area contributed by atoms with Crippen molar-refractivity contribution in [3.8, 4) is 0 Å². The van der Waals surface area contributed by atoms with Gasteiger partial charge in [0, 0.05) is 4.83 Å². The van der Waals surface area contributed by atoms with Crippen LogP contribution in [0.15, 0.2) is 36.4 Å². The van der Waals surface area contributed by atoms with Crippen molar-refractivity contribution < 1.29 is 0 Å². The van der Waals surface area contributed by atoms with Gasteiger partial charge >= 0.3 is 0 Å². The second-order valence-electron chi connectivity index (χ2n) is 5.11. The van der Waals surface area contributed by atoms with E-state index >= 15 is 0 Å². The third kappa shape index (κ3) is 1.91. The SMILES string of the molecule is Cc1ccc(C(Br)C2CCC2)c2ccccc12. The van der Waals surface area contributed by atoms with Gasteiger partial charge in [0.25, 0.3) is 0 Å². The van der Waals surface area contributed by atoms with Gasteiger partial charge in [-0.1, -0.05) is 58.7 Å². The summed E-state index contributed by atoms with van der Waals surface area (Å²) in [6.45, 7) is 2.19. The Balaban J connectivity index is 2.12. The molecule has 2 aromatic rings. The first-order valence-corrected chi connectivity index (χ1v) is 7.31. The molecule has 1 fully saturated rings. The summed E-state index contributed by atoms with van der Waals surface area (Å²) < 4.78 is 0. The second-order valence-corrected chi connectivity index (χ2v) is 6.10. The lowest BCUT2D eigenvalue weighted by Crippen LogP contribution is -2.16. The maximum absolute atomic E-state index is 3.91. The summed E-state index contributed by atoms with van der Waals surface area (Å²) in [7, 11) is 0. The van der Waals surface area contributed by atoms with Gasteiger partial charge in [-0.3, -0.25) is 0 Å². The normalized spacial score (nSPS) is 18.0. The number of alkyl halides is 1. The summed E-state index contributed by atoms with van der Waals surface area (Å²) in [5.41, 5.74) is 2.84. The molecule has 1 atom stereocenters. The highest BCUT2D eigenvalue weighted by atomic mass is 79.9. The molecular formula is C16H17Br. The summed E-state index contributed by atoms with van der Waals surface area (Å²) in [4.78, 5) is 0.529. The van der Waals surface area contributed by atoms with E-state index in [0.717, 1.165) is 5.92 Å². The molecule has 0 heterocycles. The van der Waals surface area contributed by atoms with E-state index in [1.54, 1.807) is 0 Å². The zero-order valence-corrected chi connectivity index (χ0v) is 11.7. The van der Waals surface area contributed by atoms with E-state index in [-0.39, 0.29) is 0 Å². The Hall–Kier alpha value is -0.820. The Morgan fingerprint density at radius 2 is 1.76 bits per heavy atom. The van der Waals surface area contributed by atoms with Crippen LogP contribution in [0.4, 0.5) is 0 Å². The van der Waals surface area contributed by atoms with Gasteiger partial charge in [0.05, 0.1) is 0 Å². The van der Waals surface area contributed by atoms with Crippen LogP contribution < -0.4 is 0 Å². The molecule has 17 heavy (non-hydrogen) atoms. The highest BCUT2D eigenvalue weighted by Gasteiger charge is 2.27. The Bertz CT molecular complexity index is 540. The molecule has 1 aliphatic rings. The number of fused-ring (bicyclic) bond motifs is 1. The predicted molar refractivity (Wildman–Crippen MR) is 77.7 cm³/mol. The van der Waals surface area contributed by atoms with E-state index in [0.29, 0.717) is 4.83 Å². The van der Waals surface area contributed by atoms with Gasteiger partial charge < -0.3 is 0 Å². The van der Waals surface area contributed by atoms with Crippen LogP contribution >= 0.6 is 15.9 Å². The number of rotatable bonds is 2. The first kappa shape index (κ1) is 11.3. The van der Waals surface area contributed by atoms with Crippen LogP contribution in [0.3, 0.4) is 0 Å². The van der Waals surface area contributed by atoms with E-state index < -0.39 is 0 Å². The smallest absolute Gasteiger partial charge is 0.0429 e. The molecule has 0 radical (unpaired) electrons. The van der Waals surface area contributed by atoms with E-state index in [2.05, 4.69) is 59.3 Å².